The molecule has 124 valence electrons. The third-order valence-corrected chi connectivity index (χ3v) is 3.56. The Morgan fingerprint density at radius 2 is 1.88 bits per heavy atom. The van der Waals surface area contributed by atoms with Gasteiger partial charge in [-0.05, 0) is 32.0 Å². The third kappa shape index (κ3) is 3.85. The molecular formula is C15H13Cl2N5O2. The second-order valence-corrected chi connectivity index (χ2v) is 5.98. The summed E-state index contributed by atoms with van der Waals surface area (Å²) >= 11 is 11.1. The number of halogens is 2. The molecule has 2 aromatic rings. The number of rotatable bonds is 4. The molecule has 7 nitrogen and oxygen atoms in total. The van der Waals surface area contributed by atoms with Gasteiger partial charge in [0.1, 0.15) is 11.2 Å². The second kappa shape index (κ2) is 6.91. The van der Waals surface area contributed by atoms with Gasteiger partial charge in [0, 0.05) is 34.7 Å². The van der Waals surface area contributed by atoms with Gasteiger partial charge < -0.3 is 5.32 Å². The van der Waals surface area contributed by atoms with Crippen LogP contribution in [0.3, 0.4) is 0 Å². The average molecular weight is 366 g/mol. The molecule has 24 heavy (non-hydrogen) atoms. The van der Waals surface area contributed by atoms with Crippen LogP contribution in [0.4, 0.5) is 0 Å². The smallest absolute Gasteiger partial charge is 0.285 e. The van der Waals surface area contributed by atoms with E-state index in [2.05, 4.69) is 10.4 Å². The summed E-state index contributed by atoms with van der Waals surface area (Å²) in [6.07, 6.45) is 0. The molecule has 0 aliphatic heterocycles. The van der Waals surface area contributed by atoms with Crippen LogP contribution in [0.15, 0.2) is 30.3 Å². The molecule has 0 bridgehead atoms. The number of carbonyl (C=O) groups is 2. The van der Waals surface area contributed by atoms with Gasteiger partial charge in [0.2, 0.25) is 0 Å². The zero-order valence-corrected chi connectivity index (χ0v) is 14.3. The maximum atomic E-state index is 12.1. The largest absolute Gasteiger partial charge is 0.334 e. The molecule has 0 atom stereocenters. The summed E-state index contributed by atoms with van der Waals surface area (Å²) in [5.41, 5.74) is 0.626. The van der Waals surface area contributed by atoms with E-state index in [1.165, 1.54) is 6.07 Å². The van der Waals surface area contributed by atoms with Gasteiger partial charge in [-0.2, -0.15) is 14.6 Å². The van der Waals surface area contributed by atoms with Crippen LogP contribution in [0.1, 0.15) is 34.7 Å². The molecule has 0 aliphatic carbocycles. The predicted molar refractivity (Wildman–Crippen MR) is 89.4 cm³/mol. The van der Waals surface area contributed by atoms with Crippen molar-refractivity contribution in [2.24, 2.45) is 0 Å². The first-order valence-electron chi connectivity index (χ1n) is 6.79. The highest BCUT2D eigenvalue weighted by atomic mass is 35.5. The molecule has 2 rings (SSSR count). The molecule has 1 heterocycles. The Morgan fingerprint density at radius 3 is 2.42 bits per heavy atom. The van der Waals surface area contributed by atoms with Crippen LogP contribution in [-0.2, 0) is 0 Å². The molecule has 0 saturated carbocycles. The SMILES string of the molecule is CC(C)(C#N)NC(=O)c1ccc(-c2cc(C(=O)NCl)n(Cl)n2)cc1. The lowest BCUT2D eigenvalue weighted by Gasteiger charge is -2.17. The van der Waals surface area contributed by atoms with Crippen molar-refractivity contribution in [2.45, 2.75) is 19.4 Å². The Bertz CT molecular complexity index is 821. The van der Waals surface area contributed by atoms with Gasteiger partial charge in [-0.25, -0.2) is 0 Å². The van der Waals surface area contributed by atoms with E-state index < -0.39 is 11.4 Å². The fourth-order valence-electron chi connectivity index (χ4n) is 1.88. The number of hydrogen-bond acceptors (Lipinski definition) is 4. The molecular weight excluding hydrogens is 353 g/mol. The van der Waals surface area contributed by atoms with E-state index in [-0.39, 0.29) is 11.6 Å². The number of nitriles is 1. The van der Waals surface area contributed by atoms with E-state index in [9.17, 15) is 9.59 Å². The zero-order chi connectivity index (χ0) is 17.9. The fourth-order valence-corrected chi connectivity index (χ4v) is 2.18. The third-order valence-electron chi connectivity index (χ3n) is 3.13. The van der Waals surface area contributed by atoms with Crippen LogP contribution < -0.4 is 10.2 Å². The molecule has 1 aromatic carbocycles. The Hall–Kier alpha value is -2.56. The van der Waals surface area contributed by atoms with Gasteiger partial charge in [0.15, 0.2) is 0 Å². The van der Waals surface area contributed by atoms with Crippen LogP contribution in [0.25, 0.3) is 11.3 Å². The van der Waals surface area contributed by atoms with E-state index in [1.807, 2.05) is 10.9 Å². The van der Waals surface area contributed by atoms with Gasteiger partial charge in [-0.15, -0.1) is 0 Å². The van der Waals surface area contributed by atoms with Crippen molar-refractivity contribution in [3.8, 4) is 17.3 Å². The minimum Gasteiger partial charge on any atom is -0.334 e. The van der Waals surface area contributed by atoms with Gasteiger partial charge in [-0.1, -0.05) is 12.1 Å². The summed E-state index contributed by atoms with van der Waals surface area (Å²) in [4.78, 5) is 25.5. The lowest BCUT2D eigenvalue weighted by atomic mass is 10.1. The first-order valence-corrected chi connectivity index (χ1v) is 7.50. The van der Waals surface area contributed by atoms with Crippen molar-refractivity contribution in [2.75, 3.05) is 0 Å². The molecule has 2 N–H and O–H groups in total. The number of nitrogens with zero attached hydrogens (tertiary/aromatic N) is 3. The number of benzene rings is 1. The standard InChI is InChI=1S/C15H13Cl2N5O2/c1-15(2,8-18)19-13(23)10-5-3-9(4-6-10)11-7-12(14(24)20-16)22(17)21-11/h3-7H,1-2H3,(H,19,23)(H,20,24). The molecule has 0 fully saturated rings. The van der Waals surface area contributed by atoms with Crippen molar-refractivity contribution < 1.29 is 9.59 Å². The maximum Gasteiger partial charge on any atom is 0.285 e. The normalized spacial score (nSPS) is 10.8. The summed E-state index contributed by atoms with van der Waals surface area (Å²) in [6.45, 7) is 3.21. The van der Waals surface area contributed by atoms with Gasteiger partial charge >= 0.3 is 0 Å². The second-order valence-electron chi connectivity index (χ2n) is 5.47. The topological polar surface area (TPSA) is 99.8 Å². The molecule has 0 unspecified atom stereocenters. The highest BCUT2D eigenvalue weighted by molar-refractivity contribution is 6.25. The Labute approximate surface area is 148 Å². The van der Waals surface area contributed by atoms with Crippen molar-refractivity contribution in [1.82, 2.24) is 19.5 Å². The minimum absolute atomic E-state index is 0.0826. The first kappa shape index (κ1) is 17.8. The molecule has 9 heteroatoms. The highest BCUT2D eigenvalue weighted by Gasteiger charge is 2.20. The highest BCUT2D eigenvalue weighted by Crippen LogP contribution is 2.21. The van der Waals surface area contributed by atoms with Crippen LogP contribution in [0.2, 0.25) is 0 Å². The zero-order valence-electron chi connectivity index (χ0n) is 12.8. The van der Waals surface area contributed by atoms with E-state index in [0.29, 0.717) is 16.8 Å². The molecule has 0 saturated heterocycles. The average Bonchev–Trinajstić information content (AvgIpc) is 2.95. The first-order chi connectivity index (χ1) is 11.3. The minimum atomic E-state index is -0.961. The lowest BCUT2D eigenvalue weighted by Crippen LogP contribution is -2.42. The molecule has 0 aliphatic rings. The predicted octanol–water partition coefficient (Wildman–Crippen LogP) is 2.47. The maximum absolute atomic E-state index is 12.1. The molecule has 2 amide bonds. The van der Waals surface area contributed by atoms with Gasteiger partial charge in [0.05, 0.1) is 11.8 Å². The molecule has 0 radical (unpaired) electrons. The van der Waals surface area contributed by atoms with Crippen LogP contribution in [0, 0.1) is 11.3 Å². The number of carbonyl (C=O) groups excluding carboxylic acids is 2. The van der Waals surface area contributed by atoms with E-state index in [4.69, 9.17) is 28.8 Å². The monoisotopic (exact) mass is 365 g/mol. The van der Waals surface area contributed by atoms with Gasteiger partial charge in [-0.3, -0.25) is 14.4 Å². The molecule has 0 spiro atoms. The van der Waals surface area contributed by atoms with E-state index >= 15 is 0 Å². The Balaban J connectivity index is 2.23. The summed E-state index contributed by atoms with van der Waals surface area (Å²) in [6, 6.07) is 9.97. The van der Waals surface area contributed by atoms with E-state index in [0.717, 1.165) is 4.20 Å². The van der Waals surface area contributed by atoms with Crippen LogP contribution in [0.5, 0.6) is 0 Å². The van der Waals surface area contributed by atoms with Gasteiger partial charge in [0.25, 0.3) is 11.8 Å². The lowest BCUT2D eigenvalue weighted by molar-refractivity contribution is 0.0927. The Kier molecular flexibility index (Phi) is 5.12. The quantitative estimate of drug-likeness (QED) is 0.812. The number of amides is 2. The molecule has 1 aromatic heterocycles. The van der Waals surface area contributed by atoms with Crippen molar-refractivity contribution in [3.63, 3.8) is 0 Å². The van der Waals surface area contributed by atoms with Crippen molar-refractivity contribution in [3.05, 3.63) is 41.6 Å². The van der Waals surface area contributed by atoms with Crippen molar-refractivity contribution >= 4 is 35.4 Å². The summed E-state index contributed by atoms with van der Waals surface area (Å²) in [5, 5.41) is 15.6. The number of hydrogen-bond donors (Lipinski definition) is 2. The summed E-state index contributed by atoms with van der Waals surface area (Å²) in [5.74, 6) is -0.946. The fraction of sp³-hybridized carbons (Fsp3) is 0.200. The number of aromatic nitrogens is 2. The summed E-state index contributed by atoms with van der Waals surface area (Å²) in [7, 11) is 0. The summed E-state index contributed by atoms with van der Waals surface area (Å²) < 4.78 is 0.892. The van der Waals surface area contributed by atoms with Crippen molar-refractivity contribution in [1.29, 1.82) is 5.26 Å². The van der Waals surface area contributed by atoms with Crippen LogP contribution >= 0.6 is 23.6 Å². The number of nitrogens with one attached hydrogen (secondary N) is 2. The van der Waals surface area contributed by atoms with Crippen LogP contribution in [-0.4, -0.2) is 26.7 Å². The van der Waals surface area contributed by atoms with E-state index in [1.54, 1.807) is 38.1 Å². The Morgan fingerprint density at radius 1 is 1.25 bits per heavy atom.